The second-order valence-electron chi connectivity index (χ2n) is 6.49. The number of methoxy groups -OCH3 is 1. The van der Waals surface area contributed by atoms with E-state index in [4.69, 9.17) is 14.1 Å². The van der Waals surface area contributed by atoms with Crippen LogP contribution in [-0.4, -0.2) is 27.2 Å². The molecule has 0 saturated heterocycles. The van der Waals surface area contributed by atoms with Crippen LogP contribution in [0.4, 0.5) is 0 Å². The molecular weight excluding hydrogens is 358 g/mol. The van der Waals surface area contributed by atoms with Gasteiger partial charge >= 0.3 is 0 Å². The molecule has 7 heteroatoms. The normalized spacial score (nSPS) is 11.0. The van der Waals surface area contributed by atoms with Gasteiger partial charge in [-0.3, -0.25) is 4.79 Å². The maximum atomic E-state index is 12.1. The SMILES string of the molecule is COc1ccc(-c2nc(-c3ccc(C)[nH]3)[nH]c2-c2oc(C)cc(=O)c2O)cc1. The third-order valence-corrected chi connectivity index (χ3v) is 4.43. The average molecular weight is 377 g/mol. The molecule has 7 nitrogen and oxygen atoms in total. The van der Waals surface area contributed by atoms with Crippen LogP contribution in [0, 0.1) is 13.8 Å². The highest BCUT2D eigenvalue weighted by Crippen LogP contribution is 2.36. The third kappa shape index (κ3) is 3.07. The molecule has 0 amide bonds. The topological polar surface area (TPSA) is 104 Å². The van der Waals surface area contributed by atoms with Gasteiger partial charge in [0, 0.05) is 17.3 Å². The molecule has 28 heavy (non-hydrogen) atoms. The van der Waals surface area contributed by atoms with Gasteiger partial charge in [-0.25, -0.2) is 4.98 Å². The summed E-state index contributed by atoms with van der Waals surface area (Å²) in [5, 5.41) is 10.3. The van der Waals surface area contributed by atoms with Crippen LogP contribution in [0.3, 0.4) is 0 Å². The van der Waals surface area contributed by atoms with Gasteiger partial charge in [0.05, 0.1) is 12.8 Å². The molecule has 142 valence electrons. The molecular formula is C21H19N3O4. The van der Waals surface area contributed by atoms with Gasteiger partial charge in [-0.2, -0.15) is 0 Å². The summed E-state index contributed by atoms with van der Waals surface area (Å²) in [6, 6.07) is 12.4. The molecule has 0 bridgehead atoms. The van der Waals surface area contributed by atoms with E-state index in [9.17, 15) is 9.90 Å². The summed E-state index contributed by atoms with van der Waals surface area (Å²) in [4.78, 5) is 23.2. The minimum Gasteiger partial charge on any atom is -0.501 e. The molecule has 0 spiro atoms. The van der Waals surface area contributed by atoms with Crippen molar-refractivity contribution in [1.82, 2.24) is 15.0 Å². The Morgan fingerprint density at radius 1 is 1.07 bits per heavy atom. The average Bonchev–Trinajstić information content (AvgIpc) is 3.31. The fourth-order valence-corrected chi connectivity index (χ4v) is 3.04. The lowest BCUT2D eigenvalue weighted by Gasteiger charge is -2.06. The van der Waals surface area contributed by atoms with Crippen molar-refractivity contribution >= 4 is 0 Å². The molecule has 0 unspecified atom stereocenters. The summed E-state index contributed by atoms with van der Waals surface area (Å²) < 4.78 is 10.9. The minimum atomic E-state index is -0.508. The summed E-state index contributed by atoms with van der Waals surface area (Å²) in [6.07, 6.45) is 0. The smallest absolute Gasteiger partial charge is 0.227 e. The van der Waals surface area contributed by atoms with Crippen LogP contribution in [0.1, 0.15) is 11.5 Å². The fraction of sp³-hybridized carbons (Fsp3) is 0.143. The number of aryl methyl sites for hydroxylation is 2. The molecule has 4 rings (SSSR count). The van der Waals surface area contributed by atoms with E-state index in [0.29, 0.717) is 28.7 Å². The number of hydrogen-bond acceptors (Lipinski definition) is 5. The van der Waals surface area contributed by atoms with Gasteiger partial charge < -0.3 is 24.2 Å². The second-order valence-corrected chi connectivity index (χ2v) is 6.49. The number of imidazole rings is 1. The van der Waals surface area contributed by atoms with Crippen LogP contribution in [0.25, 0.3) is 34.2 Å². The molecule has 0 aliphatic rings. The summed E-state index contributed by atoms with van der Waals surface area (Å²) >= 11 is 0. The molecule has 3 heterocycles. The molecule has 0 radical (unpaired) electrons. The fourth-order valence-electron chi connectivity index (χ4n) is 3.04. The van der Waals surface area contributed by atoms with Crippen molar-refractivity contribution < 1.29 is 14.3 Å². The highest BCUT2D eigenvalue weighted by Gasteiger charge is 2.22. The van der Waals surface area contributed by atoms with Crippen molar-refractivity contribution in [2.75, 3.05) is 7.11 Å². The Hall–Kier alpha value is -3.74. The molecule has 0 saturated carbocycles. The number of ether oxygens (including phenoxy) is 1. The Morgan fingerprint density at radius 2 is 1.82 bits per heavy atom. The largest absolute Gasteiger partial charge is 0.501 e. The van der Waals surface area contributed by atoms with E-state index in [1.54, 1.807) is 14.0 Å². The van der Waals surface area contributed by atoms with Gasteiger partial charge in [-0.05, 0) is 50.2 Å². The van der Waals surface area contributed by atoms with E-state index in [0.717, 1.165) is 17.0 Å². The van der Waals surface area contributed by atoms with Crippen molar-refractivity contribution in [1.29, 1.82) is 0 Å². The first-order valence-electron chi connectivity index (χ1n) is 8.70. The highest BCUT2D eigenvalue weighted by atomic mass is 16.5. The van der Waals surface area contributed by atoms with Crippen molar-refractivity contribution in [2.45, 2.75) is 13.8 Å². The van der Waals surface area contributed by atoms with Gasteiger partial charge in [0.25, 0.3) is 0 Å². The number of rotatable bonds is 4. The van der Waals surface area contributed by atoms with Crippen LogP contribution < -0.4 is 10.2 Å². The Labute approximate surface area is 160 Å². The lowest BCUT2D eigenvalue weighted by atomic mass is 10.1. The molecule has 0 atom stereocenters. The van der Waals surface area contributed by atoms with Crippen LogP contribution >= 0.6 is 0 Å². The quantitative estimate of drug-likeness (QED) is 0.498. The summed E-state index contributed by atoms with van der Waals surface area (Å²) in [7, 11) is 1.60. The Kier molecular flexibility index (Phi) is 4.27. The predicted octanol–water partition coefficient (Wildman–Crippen LogP) is 4.02. The van der Waals surface area contributed by atoms with Crippen molar-refractivity contribution in [3.63, 3.8) is 0 Å². The number of nitrogens with one attached hydrogen (secondary N) is 2. The molecule has 0 aliphatic carbocycles. The maximum absolute atomic E-state index is 12.1. The monoisotopic (exact) mass is 377 g/mol. The summed E-state index contributed by atoms with van der Waals surface area (Å²) in [6.45, 7) is 3.60. The van der Waals surface area contributed by atoms with Gasteiger partial charge in [0.15, 0.2) is 11.6 Å². The Bertz CT molecular complexity index is 1200. The highest BCUT2D eigenvalue weighted by molar-refractivity contribution is 5.81. The van der Waals surface area contributed by atoms with Gasteiger partial charge in [0.2, 0.25) is 11.2 Å². The van der Waals surface area contributed by atoms with E-state index in [1.165, 1.54) is 6.07 Å². The number of benzene rings is 1. The van der Waals surface area contributed by atoms with E-state index in [1.807, 2.05) is 43.3 Å². The number of aromatic hydroxyl groups is 1. The Morgan fingerprint density at radius 3 is 2.46 bits per heavy atom. The van der Waals surface area contributed by atoms with Crippen molar-refractivity contribution in [3.05, 3.63) is 64.1 Å². The van der Waals surface area contributed by atoms with E-state index in [2.05, 4.69) is 9.97 Å². The first-order valence-corrected chi connectivity index (χ1v) is 8.70. The zero-order valence-corrected chi connectivity index (χ0v) is 15.7. The summed E-state index contributed by atoms with van der Waals surface area (Å²) in [5.41, 5.74) is 3.02. The first-order chi connectivity index (χ1) is 13.5. The van der Waals surface area contributed by atoms with Crippen LogP contribution in [-0.2, 0) is 0 Å². The number of H-pyrrole nitrogens is 2. The molecule has 4 aromatic rings. The summed E-state index contributed by atoms with van der Waals surface area (Å²) in [5.74, 6) is 1.27. The van der Waals surface area contributed by atoms with Crippen molar-refractivity contribution in [3.8, 4) is 45.7 Å². The number of aromatic nitrogens is 3. The maximum Gasteiger partial charge on any atom is 0.227 e. The molecule has 0 aliphatic heterocycles. The van der Waals surface area contributed by atoms with Gasteiger partial charge in [-0.1, -0.05) is 0 Å². The predicted molar refractivity (Wildman–Crippen MR) is 105 cm³/mol. The second kappa shape index (κ2) is 6.77. The van der Waals surface area contributed by atoms with E-state index < -0.39 is 11.2 Å². The van der Waals surface area contributed by atoms with Crippen LogP contribution in [0.15, 0.2) is 51.7 Å². The molecule has 0 fully saturated rings. The standard InChI is InChI=1S/C21H19N3O4/c1-11-4-9-15(22-11)21-23-17(13-5-7-14(27-3)8-6-13)18(24-21)20-19(26)16(25)10-12(2)28-20/h4-10,22,26H,1-3H3,(H,23,24). The third-order valence-electron chi connectivity index (χ3n) is 4.43. The molecule has 3 aromatic heterocycles. The first kappa shape index (κ1) is 17.7. The van der Waals surface area contributed by atoms with Crippen molar-refractivity contribution in [2.24, 2.45) is 0 Å². The molecule has 3 N–H and O–H groups in total. The van der Waals surface area contributed by atoms with Gasteiger partial charge in [-0.15, -0.1) is 0 Å². The number of hydrogen-bond donors (Lipinski definition) is 3. The zero-order chi connectivity index (χ0) is 19.8. The lowest BCUT2D eigenvalue weighted by Crippen LogP contribution is -2.01. The minimum absolute atomic E-state index is 0.0536. The van der Waals surface area contributed by atoms with Crippen LogP contribution in [0.5, 0.6) is 11.5 Å². The Balaban J connectivity index is 1.95. The van der Waals surface area contributed by atoms with E-state index >= 15 is 0 Å². The van der Waals surface area contributed by atoms with Gasteiger partial charge in [0.1, 0.15) is 22.9 Å². The zero-order valence-electron chi connectivity index (χ0n) is 15.7. The number of aromatic amines is 2. The van der Waals surface area contributed by atoms with E-state index in [-0.39, 0.29) is 5.76 Å². The lowest BCUT2D eigenvalue weighted by molar-refractivity contribution is 0.415. The molecule has 1 aromatic carbocycles. The van der Waals surface area contributed by atoms with Crippen LogP contribution in [0.2, 0.25) is 0 Å². The number of nitrogens with zero attached hydrogens (tertiary/aromatic N) is 1.